The molecule has 1 unspecified atom stereocenters. The number of aromatic nitrogens is 1. The average Bonchev–Trinajstić information content (AvgIpc) is 3.11. The quantitative estimate of drug-likeness (QED) is 0.917. The summed E-state index contributed by atoms with van der Waals surface area (Å²) in [5, 5.41) is 3.12. The van der Waals surface area contributed by atoms with Crippen LogP contribution in [0.15, 0.2) is 28.9 Å². The monoisotopic (exact) mass is 286 g/mol. The Balaban J connectivity index is 1.78. The Labute approximate surface area is 125 Å². The van der Waals surface area contributed by atoms with E-state index in [2.05, 4.69) is 16.8 Å². The fourth-order valence-corrected chi connectivity index (χ4v) is 2.83. The molecule has 0 spiro atoms. The summed E-state index contributed by atoms with van der Waals surface area (Å²) in [5.41, 5.74) is 2.84. The third kappa shape index (κ3) is 2.89. The predicted octanol–water partition coefficient (Wildman–Crippen LogP) is 3.27. The molecule has 1 fully saturated rings. The van der Waals surface area contributed by atoms with E-state index >= 15 is 0 Å². The molecule has 1 amide bonds. The van der Waals surface area contributed by atoms with E-state index in [0.29, 0.717) is 12.5 Å². The maximum absolute atomic E-state index is 12.4. The van der Waals surface area contributed by atoms with Crippen LogP contribution < -0.4 is 5.32 Å². The summed E-state index contributed by atoms with van der Waals surface area (Å²) in [5.74, 6) is 1.60. The lowest BCUT2D eigenvalue weighted by molar-refractivity contribution is 0.0935. The van der Waals surface area contributed by atoms with Gasteiger partial charge in [-0.2, -0.15) is 0 Å². The summed E-state index contributed by atoms with van der Waals surface area (Å²) >= 11 is 0. The molecule has 0 aromatic carbocycles. The van der Waals surface area contributed by atoms with Crippen LogP contribution in [0.4, 0.5) is 0 Å². The van der Waals surface area contributed by atoms with Crippen LogP contribution in [0.5, 0.6) is 0 Å². The fourth-order valence-electron chi connectivity index (χ4n) is 2.83. The van der Waals surface area contributed by atoms with Crippen LogP contribution >= 0.6 is 0 Å². The van der Waals surface area contributed by atoms with Gasteiger partial charge in [0.25, 0.3) is 5.91 Å². The highest BCUT2D eigenvalue weighted by Gasteiger charge is 2.29. The van der Waals surface area contributed by atoms with Gasteiger partial charge in [-0.1, -0.05) is 0 Å². The molecule has 0 radical (unpaired) electrons. The first kappa shape index (κ1) is 14.0. The highest BCUT2D eigenvalue weighted by atomic mass is 16.3. The second-order valence-electron chi connectivity index (χ2n) is 6.05. The Morgan fingerprint density at radius 3 is 2.86 bits per heavy atom. The number of hydrogen-bond donors (Lipinski definition) is 1. The molecule has 1 N–H and O–H groups in total. The first-order valence-electron chi connectivity index (χ1n) is 7.56. The van der Waals surface area contributed by atoms with E-state index in [4.69, 9.17) is 4.42 Å². The Morgan fingerprint density at radius 1 is 1.48 bits per heavy atom. The van der Waals surface area contributed by atoms with Crippen LogP contribution in [-0.4, -0.2) is 16.5 Å². The van der Waals surface area contributed by atoms with E-state index in [-0.39, 0.29) is 11.9 Å². The molecule has 1 saturated carbocycles. The smallest absolute Gasteiger partial charge is 0.253 e. The molecule has 4 heteroatoms. The minimum Gasteiger partial charge on any atom is -0.467 e. The molecule has 3 rings (SSSR count). The summed E-state index contributed by atoms with van der Waals surface area (Å²) in [7, 11) is 0. The number of nitrogens with one attached hydrogen (secondary N) is 1. The third-order valence-corrected chi connectivity index (χ3v) is 4.40. The first-order chi connectivity index (χ1) is 10.1. The van der Waals surface area contributed by atoms with E-state index in [9.17, 15) is 4.79 Å². The van der Waals surface area contributed by atoms with Crippen LogP contribution in [0.3, 0.4) is 0 Å². The van der Waals surface area contributed by atoms with Gasteiger partial charge in [0.2, 0.25) is 0 Å². The highest BCUT2D eigenvalue weighted by Crippen LogP contribution is 2.32. The minimum atomic E-state index is 0.0354. The first-order valence-corrected chi connectivity index (χ1v) is 7.56. The molecule has 0 saturated heterocycles. The number of carbonyl (C=O) groups is 1. The van der Waals surface area contributed by atoms with Crippen molar-refractivity contribution in [1.29, 1.82) is 0 Å². The summed E-state index contributed by atoms with van der Waals surface area (Å²) in [6.45, 7) is 6.78. The second-order valence-corrected chi connectivity index (χ2v) is 6.05. The molecule has 21 heavy (non-hydrogen) atoms. The number of amides is 1. The van der Waals surface area contributed by atoms with E-state index in [1.807, 2.05) is 32.0 Å². The van der Waals surface area contributed by atoms with Crippen LogP contribution in [0, 0.1) is 19.8 Å². The van der Waals surface area contributed by atoms with Crippen LogP contribution in [0.25, 0.3) is 0 Å². The molecule has 2 aromatic heterocycles. The van der Waals surface area contributed by atoms with Crippen molar-refractivity contribution in [1.82, 2.24) is 9.88 Å². The molecular formula is C17H22N2O2. The second kappa shape index (κ2) is 5.43. The van der Waals surface area contributed by atoms with Gasteiger partial charge in [-0.25, -0.2) is 0 Å². The number of nitrogens with zero attached hydrogens (tertiary/aromatic N) is 1. The zero-order valence-corrected chi connectivity index (χ0v) is 12.8. The molecule has 1 aliphatic rings. The average molecular weight is 286 g/mol. The standard InChI is InChI=1S/C17H22N2O2/c1-11-9-16(17(20)18-12(2)14-6-7-14)13(3)19(11)10-15-5-4-8-21-15/h4-5,8-9,12,14H,6-7,10H2,1-3H3,(H,18,20). The summed E-state index contributed by atoms with van der Waals surface area (Å²) in [4.78, 5) is 12.4. The lowest BCUT2D eigenvalue weighted by Crippen LogP contribution is -2.34. The van der Waals surface area contributed by atoms with Crippen LogP contribution in [0.2, 0.25) is 0 Å². The lowest BCUT2D eigenvalue weighted by Gasteiger charge is -2.13. The van der Waals surface area contributed by atoms with Gasteiger partial charge in [0.05, 0.1) is 18.4 Å². The largest absolute Gasteiger partial charge is 0.467 e. The van der Waals surface area contributed by atoms with Crippen molar-refractivity contribution >= 4 is 5.91 Å². The summed E-state index contributed by atoms with van der Waals surface area (Å²) < 4.78 is 7.52. The Hall–Kier alpha value is -1.97. The molecule has 112 valence electrons. The van der Waals surface area contributed by atoms with E-state index < -0.39 is 0 Å². The van der Waals surface area contributed by atoms with Gasteiger partial charge >= 0.3 is 0 Å². The lowest BCUT2D eigenvalue weighted by atomic mass is 10.2. The molecular weight excluding hydrogens is 264 g/mol. The van der Waals surface area contributed by atoms with E-state index in [1.54, 1.807) is 6.26 Å². The molecule has 0 aliphatic heterocycles. The number of furan rings is 1. The van der Waals surface area contributed by atoms with Crippen molar-refractivity contribution in [2.45, 2.75) is 46.2 Å². The van der Waals surface area contributed by atoms with Gasteiger partial charge in [0.1, 0.15) is 5.76 Å². The summed E-state index contributed by atoms with van der Waals surface area (Å²) in [6, 6.07) is 6.07. The van der Waals surface area contributed by atoms with Crippen molar-refractivity contribution in [3.8, 4) is 0 Å². The Morgan fingerprint density at radius 2 is 2.24 bits per heavy atom. The van der Waals surface area contributed by atoms with Crippen molar-refractivity contribution in [3.05, 3.63) is 47.2 Å². The zero-order chi connectivity index (χ0) is 15.0. The molecule has 2 aromatic rings. The highest BCUT2D eigenvalue weighted by molar-refractivity contribution is 5.95. The predicted molar refractivity (Wildman–Crippen MR) is 81.4 cm³/mol. The van der Waals surface area contributed by atoms with E-state index in [1.165, 1.54) is 12.8 Å². The number of carbonyl (C=O) groups excluding carboxylic acids is 1. The third-order valence-electron chi connectivity index (χ3n) is 4.40. The minimum absolute atomic E-state index is 0.0354. The fraction of sp³-hybridized carbons (Fsp3) is 0.471. The van der Waals surface area contributed by atoms with E-state index in [0.717, 1.165) is 22.7 Å². The summed E-state index contributed by atoms with van der Waals surface area (Å²) in [6.07, 6.45) is 4.15. The molecule has 4 nitrogen and oxygen atoms in total. The van der Waals surface area contributed by atoms with Crippen molar-refractivity contribution in [3.63, 3.8) is 0 Å². The van der Waals surface area contributed by atoms with Gasteiger partial charge in [0, 0.05) is 17.4 Å². The Bertz CT molecular complexity index is 636. The maximum Gasteiger partial charge on any atom is 0.253 e. The van der Waals surface area contributed by atoms with Crippen molar-refractivity contribution < 1.29 is 9.21 Å². The topological polar surface area (TPSA) is 47.2 Å². The normalized spacial score (nSPS) is 16.0. The van der Waals surface area contributed by atoms with Gasteiger partial charge in [0.15, 0.2) is 0 Å². The zero-order valence-electron chi connectivity index (χ0n) is 12.8. The van der Waals surface area contributed by atoms with Gasteiger partial charge in [-0.3, -0.25) is 4.79 Å². The van der Waals surface area contributed by atoms with Crippen LogP contribution in [-0.2, 0) is 6.54 Å². The SMILES string of the molecule is Cc1cc(C(=O)NC(C)C2CC2)c(C)n1Cc1ccco1. The molecule has 1 aliphatic carbocycles. The number of aryl methyl sites for hydroxylation is 1. The molecule has 2 heterocycles. The number of hydrogen-bond acceptors (Lipinski definition) is 2. The molecule has 0 bridgehead atoms. The van der Waals surface area contributed by atoms with Gasteiger partial charge < -0.3 is 14.3 Å². The van der Waals surface area contributed by atoms with Gasteiger partial charge in [-0.15, -0.1) is 0 Å². The van der Waals surface area contributed by atoms with Gasteiger partial charge in [-0.05, 0) is 57.7 Å². The number of rotatable bonds is 5. The van der Waals surface area contributed by atoms with Crippen molar-refractivity contribution in [2.75, 3.05) is 0 Å². The van der Waals surface area contributed by atoms with Crippen LogP contribution in [0.1, 0.15) is 47.3 Å². The Kier molecular flexibility index (Phi) is 3.62. The molecule has 1 atom stereocenters. The van der Waals surface area contributed by atoms with Crippen molar-refractivity contribution in [2.24, 2.45) is 5.92 Å². The maximum atomic E-state index is 12.4.